The summed E-state index contributed by atoms with van der Waals surface area (Å²) in [4.78, 5) is 66.1. The van der Waals surface area contributed by atoms with Gasteiger partial charge in [0.15, 0.2) is 6.10 Å². The third kappa shape index (κ3) is 15.1. The summed E-state index contributed by atoms with van der Waals surface area (Å²) in [5.41, 5.74) is -4.74. The first kappa shape index (κ1) is 60.9. The van der Waals surface area contributed by atoms with Crippen molar-refractivity contribution in [3.8, 4) is 23.1 Å². The van der Waals surface area contributed by atoms with E-state index in [1.807, 2.05) is 16.1 Å². The molecule has 4 amide bonds. The minimum Gasteiger partial charge on any atom is -0.453 e. The van der Waals surface area contributed by atoms with Gasteiger partial charge in [-0.3, -0.25) is 19.9 Å². The average molecular weight is 1130 g/mol. The van der Waals surface area contributed by atoms with Gasteiger partial charge in [0.25, 0.3) is 5.91 Å². The Morgan fingerprint density at radius 1 is 0.835 bits per heavy atom. The molecular formula is C50H57F10N11O8. The van der Waals surface area contributed by atoms with Crippen LogP contribution in [0.15, 0.2) is 61.1 Å². The molecule has 0 aliphatic carbocycles. The van der Waals surface area contributed by atoms with Crippen molar-refractivity contribution in [2.24, 2.45) is 10.8 Å². The molecule has 19 nitrogen and oxygen atoms in total. The van der Waals surface area contributed by atoms with Gasteiger partial charge in [-0.25, -0.2) is 38.0 Å². The smallest absolute Gasteiger partial charge is 0.407 e. The molecule has 2 aromatic carbocycles. The topological polar surface area (TPSA) is 218 Å². The first-order valence-electron chi connectivity index (χ1n) is 24.2. The highest BCUT2D eigenvalue weighted by atomic mass is 19.4. The van der Waals surface area contributed by atoms with E-state index in [0.717, 1.165) is 52.6 Å². The molecular weight excluding hydrogens is 1070 g/mol. The van der Waals surface area contributed by atoms with Crippen molar-refractivity contribution in [1.29, 1.82) is 0 Å². The van der Waals surface area contributed by atoms with Crippen LogP contribution in [0.25, 0.3) is 11.3 Å². The van der Waals surface area contributed by atoms with Crippen molar-refractivity contribution in [3.63, 3.8) is 0 Å². The molecule has 4 heterocycles. The molecule has 0 saturated carbocycles. The number of alkyl carbamates (subject to hydrolysis) is 2. The Morgan fingerprint density at radius 2 is 1.43 bits per heavy atom. The Hall–Kier alpha value is -7.29. The monoisotopic (exact) mass is 1130 g/mol. The lowest BCUT2D eigenvalue weighted by molar-refractivity contribution is -0.239. The lowest BCUT2D eigenvalue weighted by Gasteiger charge is -2.42. The van der Waals surface area contributed by atoms with E-state index in [2.05, 4.69) is 46.8 Å². The number of nitrogens with zero attached hydrogens (tertiary/aromatic N) is 7. The molecule has 2 aliphatic rings. The summed E-state index contributed by atoms with van der Waals surface area (Å²) < 4.78 is 160. The van der Waals surface area contributed by atoms with Crippen LogP contribution in [-0.4, -0.2) is 162 Å². The van der Waals surface area contributed by atoms with Crippen LogP contribution in [0.2, 0.25) is 0 Å². The number of piperazine rings is 1. The zero-order chi connectivity index (χ0) is 58.2. The fourth-order valence-corrected chi connectivity index (χ4v) is 8.11. The largest absolute Gasteiger partial charge is 0.453 e. The van der Waals surface area contributed by atoms with Gasteiger partial charge in [-0.05, 0) is 70.0 Å². The molecule has 4 aromatic rings. The Balaban J connectivity index is 1.32. The van der Waals surface area contributed by atoms with Crippen molar-refractivity contribution in [2.75, 3.05) is 65.0 Å². The summed E-state index contributed by atoms with van der Waals surface area (Å²) in [7, 11) is 1.78. The molecule has 4 atom stereocenters. The minimum absolute atomic E-state index is 0.193. The van der Waals surface area contributed by atoms with Crippen LogP contribution in [-0.2, 0) is 36.8 Å². The number of alkyl halides is 8. The van der Waals surface area contributed by atoms with E-state index in [9.17, 15) is 59.4 Å². The van der Waals surface area contributed by atoms with Gasteiger partial charge in [-0.15, -0.1) is 0 Å². The van der Waals surface area contributed by atoms with Crippen LogP contribution < -0.4 is 26.3 Å². The Bertz CT molecular complexity index is 2810. The number of nitrogens with one attached hydrogen (secondary N) is 4. The van der Waals surface area contributed by atoms with Gasteiger partial charge in [0.05, 0.1) is 55.2 Å². The third-order valence-electron chi connectivity index (χ3n) is 13.4. The van der Waals surface area contributed by atoms with Crippen LogP contribution in [0.1, 0.15) is 56.5 Å². The van der Waals surface area contributed by atoms with Gasteiger partial charge in [0, 0.05) is 81.6 Å². The molecule has 79 heavy (non-hydrogen) atoms. The van der Waals surface area contributed by atoms with Crippen molar-refractivity contribution >= 4 is 29.9 Å². The quantitative estimate of drug-likeness (QED) is 0.0447. The average Bonchev–Trinajstić information content (AvgIpc) is 3.99. The van der Waals surface area contributed by atoms with Gasteiger partial charge in [-0.2, -0.15) is 40.2 Å². The summed E-state index contributed by atoms with van der Waals surface area (Å²) in [5.74, 6) is 0.233. The van der Waals surface area contributed by atoms with Gasteiger partial charge < -0.3 is 40.2 Å². The highest BCUT2D eigenvalue weighted by molar-refractivity contribution is 5.87. The number of anilines is 1. The number of rotatable bonds is 19. The number of ether oxygens (including phenoxy) is 3. The lowest BCUT2D eigenvalue weighted by Crippen LogP contribution is -2.62. The Morgan fingerprint density at radius 3 is 1.95 bits per heavy atom. The summed E-state index contributed by atoms with van der Waals surface area (Å²) in [6.45, 7) is 1.26. The van der Waals surface area contributed by atoms with E-state index < -0.39 is 115 Å². The maximum Gasteiger partial charge on any atom is 0.407 e. The molecule has 430 valence electrons. The highest BCUT2D eigenvalue weighted by Gasteiger charge is 2.58. The standard InChI is InChI=1S/C50H57F10N11O8/c1-47(2,49(55,56)57)39(65-46(76)77-6)41(73)64-37(19-29-10-7-28(8-11-29)9-12-30-22-62-44(63-23-30)69-17-15-68(16-18-69)32-26-78-27-32)38(72)25-70(67-42(74)40(79-45(75)61-5)48(3,4)50(58,59)60)24-33-34(51)20-31(21-35(33)52)36-13-14-71(66-36)43(53)54/h7-8,10-11,13-14,20-23,32,37-40,43,72H,15-19,24-27H2,1-6H3,(H,61,75)(H,64,73)(H,65,76)(H,67,74)/t37-,38-,39+,40+/m0/s1. The van der Waals surface area contributed by atoms with Gasteiger partial charge >= 0.3 is 31.1 Å². The third-order valence-corrected chi connectivity index (χ3v) is 13.4. The van der Waals surface area contributed by atoms with E-state index >= 15 is 8.78 Å². The number of carbonyl (C=O) groups excluding carboxylic acids is 4. The molecule has 0 bridgehead atoms. The number of methoxy groups -OCH3 is 1. The van der Waals surface area contributed by atoms with E-state index in [0.29, 0.717) is 81.2 Å². The second kappa shape index (κ2) is 25.2. The zero-order valence-corrected chi connectivity index (χ0v) is 43.3. The molecule has 2 aromatic heterocycles. The van der Waals surface area contributed by atoms with Crippen LogP contribution in [0.5, 0.6) is 0 Å². The number of amides is 4. The summed E-state index contributed by atoms with van der Waals surface area (Å²) in [6, 6.07) is 4.43. The second-order valence-corrected chi connectivity index (χ2v) is 19.6. The summed E-state index contributed by atoms with van der Waals surface area (Å²) >= 11 is 0. The fraction of sp³-hybridized carbons (Fsp3) is 0.500. The number of aromatic nitrogens is 4. The number of hydrogen-bond acceptors (Lipinski definition) is 14. The molecule has 0 unspecified atom stereocenters. The number of hydrazine groups is 1. The van der Waals surface area contributed by atoms with Gasteiger partial charge in [0.2, 0.25) is 11.9 Å². The van der Waals surface area contributed by atoms with E-state index in [1.165, 1.54) is 24.3 Å². The van der Waals surface area contributed by atoms with Crippen molar-refractivity contribution < 1.29 is 82.4 Å². The Labute approximate surface area is 446 Å². The highest BCUT2D eigenvalue weighted by Crippen LogP contribution is 2.43. The van der Waals surface area contributed by atoms with E-state index in [1.54, 1.807) is 12.4 Å². The number of aliphatic hydroxyl groups is 1. The molecule has 29 heteroatoms. The lowest BCUT2D eigenvalue weighted by atomic mass is 9.82. The molecule has 2 aliphatic heterocycles. The maximum atomic E-state index is 16.0. The van der Waals surface area contributed by atoms with Crippen molar-refractivity contribution in [3.05, 3.63) is 94.9 Å². The number of carbonyl (C=O) groups is 4. The van der Waals surface area contributed by atoms with E-state index in [4.69, 9.17) is 9.47 Å². The number of aliphatic hydroxyl groups excluding tert-OH is 1. The maximum absolute atomic E-state index is 16.0. The number of halogens is 10. The van der Waals surface area contributed by atoms with Crippen LogP contribution in [0.4, 0.5) is 59.4 Å². The van der Waals surface area contributed by atoms with Crippen LogP contribution in [0, 0.1) is 34.3 Å². The first-order chi connectivity index (χ1) is 37.0. The predicted molar refractivity (Wildman–Crippen MR) is 260 cm³/mol. The van der Waals surface area contributed by atoms with Gasteiger partial charge in [0.1, 0.15) is 23.1 Å². The van der Waals surface area contributed by atoms with E-state index in [-0.39, 0.29) is 21.5 Å². The van der Waals surface area contributed by atoms with Gasteiger partial charge in [-0.1, -0.05) is 24.0 Å². The molecule has 0 spiro atoms. The molecule has 0 radical (unpaired) electrons. The molecule has 5 N–H and O–H groups in total. The van der Waals surface area contributed by atoms with Crippen LogP contribution in [0.3, 0.4) is 0 Å². The normalized spacial score (nSPS) is 16.2. The minimum atomic E-state index is -5.27. The summed E-state index contributed by atoms with van der Waals surface area (Å²) in [5, 5.41) is 22.1. The number of benzene rings is 2. The second-order valence-electron chi connectivity index (χ2n) is 19.6. The first-order valence-corrected chi connectivity index (χ1v) is 24.2. The molecule has 2 saturated heterocycles. The molecule has 6 rings (SSSR count). The Kier molecular flexibility index (Phi) is 19.5. The van der Waals surface area contributed by atoms with Crippen LogP contribution >= 0.6 is 0 Å². The summed E-state index contributed by atoms with van der Waals surface area (Å²) in [6.07, 6.45) is -14.9. The van der Waals surface area contributed by atoms with Crippen molar-refractivity contribution in [1.82, 2.24) is 51.0 Å². The van der Waals surface area contributed by atoms with Crippen molar-refractivity contribution in [2.45, 2.75) is 89.9 Å². The zero-order valence-electron chi connectivity index (χ0n) is 43.3. The molecule has 2 fully saturated rings. The predicted octanol–water partition coefficient (Wildman–Crippen LogP) is 5.48. The number of hydrogen-bond donors (Lipinski definition) is 5. The SMILES string of the molecule is CNC(=O)O[C@H](C(=O)NN(Cc1c(F)cc(-c2ccn(C(F)F)n2)cc1F)C[C@H](O)[C@H](Cc1ccc(C#Cc2cnc(N3CCN(C4COC4)CC3)nc2)cc1)NC(=O)[C@@H](NC(=O)OC)C(C)(C)C(F)(F)F)C(C)(C)C(F)(F)F. The fourth-order valence-electron chi connectivity index (χ4n) is 8.11.